The number of halogens is 2. The minimum absolute atomic E-state index is 0.0208. The molecule has 13 rings (SSSR count). The van der Waals surface area contributed by atoms with Gasteiger partial charge >= 0.3 is 11.9 Å². The Bertz CT molecular complexity index is 1390. The Morgan fingerprint density at radius 2 is 1.10 bits per heavy atom. The molecule has 11 heteroatoms. The average molecular weight is 715 g/mol. The molecular weight excluding hydrogens is 662 g/mol. The largest absolute Gasteiger partial charge is 0.462 e. The second kappa shape index (κ2) is 11.3. The van der Waals surface area contributed by atoms with Gasteiger partial charge in [0.25, 0.3) is 5.92 Å². The number of ether oxygens (including phenoxy) is 5. The molecular formula is C40H52F2O9. The van der Waals surface area contributed by atoms with Gasteiger partial charge in [0.05, 0.1) is 17.4 Å². The number of hydrogen-bond donors (Lipinski definition) is 0. The molecule has 0 N–H and O–H groups in total. The first-order valence-corrected chi connectivity index (χ1v) is 20.0. The normalized spacial score (nSPS) is 51.2. The van der Waals surface area contributed by atoms with E-state index in [0.29, 0.717) is 61.6 Å². The SMILES string of the molecule is CC(F)(F)COCC12CC3CC(C1)C1(OC(COC(=O)C45CC6CC(C4)C(=O)C(C6)C5)C(COC(=O)C45CC6CC(C4)C(=O)C(C6)C5)O1)C(C3)C2. The van der Waals surface area contributed by atoms with Crippen molar-refractivity contribution in [3.05, 3.63) is 0 Å². The fourth-order valence-corrected chi connectivity index (χ4v) is 14.6. The molecule has 0 amide bonds. The molecule has 8 unspecified atom stereocenters. The van der Waals surface area contributed by atoms with Gasteiger partial charge in [0.2, 0.25) is 0 Å². The molecule has 12 saturated carbocycles. The minimum Gasteiger partial charge on any atom is -0.462 e. The van der Waals surface area contributed by atoms with Crippen molar-refractivity contribution >= 4 is 23.5 Å². The Balaban J connectivity index is 0.867. The monoisotopic (exact) mass is 714 g/mol. The Kier molecular flexibility index (Phi) is 7.43. The number of rotatable bonds is 10. The fourth-order valence-electron chi connectivity index (χ4n) is 14.6. The predicted molar refractivity (Wildman–Crippen MR) is 174 cm³/mol. The van der Waals surface area contributed by atoms with Crippen LogP contribution in [0.25, 0.3) is 0 Å². The van der Waals surface area contributed by atoms with Gasteiger partial charge in [-0.25, -0.2) is 8.78 Å². The van der Waals surface area contributed by atoms with Crippen molar-refractivity contribution in [1.82, 2.24) is 0 Å². The second-order valence-corrected chi connectivity index (χ2v) is 19.7. The molecule has 1 spiro atoms. The molecule has 12 bridgehead atoms. The van der Waals surface area contributed by atoms with Crippen LogP contribution in [0, 0.1) is 69.5 Å². The molecule has 0 aromatic carbocycles. The number of ketones is 2. The molecule has 8 atom stereocenters. The van der Waals surface area contributed by atoms with Gasteiger partial charge in [-0.2, -0.15) is 0 Å². The topological polar surface area (TPSA) is 114 Å². The summed E-state index contributed by atoms with van der Waals surface area (Å²) in [6, 6.07) is 0. The summed E-state index contributed by atoms with van der Waals surface area (Å²) in [6.07, 6.45) is 10.3. The van der Waals surface area contributed by atoms with Crippen LogP contribution in [0.5, 0.6) is 0 Å². The van der Waals surface area contributed by atoms with Crippen molar-refractivity contribution in [1.29, 1.82) is 0 Å². The van der Waals surface area contributed by atoms with Crippen LogP contribution in [0.15, 0.2) is 0 Å². The van der Waals surface area contributed by atoms with Crippen molar-refractivity contribution in [3.8, 4) is 0 Å². The molecule has 13 fully saturated rings. The third kappa shape index (κ3) is 5.26. The Morgan fingerprint density at radius 3 is 1.53 bits per heavy atom. The van der Waals surface area contributed by atoms with Gasteiger partial charge in [-0.1, -0.05) is 0 Å². The lowest BCUT2D eigenvalue weighted by atomic mass is 9.47. The molecule has 0 aromatic rings. The fraction of sp³-hybridized carbons (Fsp3) is 0.900. The molecule has 0 aromatic heterocycles. The van der Waals surface area contributed by atoms with Crippen molar-refractivity contribution in [2.45, 2.75) is 127 Å². The zero-order valence-electron chi connectivity index (χ0n) is 29.7. The number of carbonyl (C=O) groups excluding carboxylic acids is 4. The van der Waals surface area contributed by atoms with Crippen molar-refractivity contribution in [2.75, 3.05) is 26.4 Å². The highest BCUT2D eigenvalue weighted by Crippen LogP contribution is 2.67. The van der Waals surface area contributed by atoms with E-state index in [1.54, 1.807) is 0 Å². The summed E-state index contributed by atoms with van der Waals surface area (Å²) in [6.45, 7) is 0.538. The summed E-state index contributed by atoms with van der Waals surface area (Å²) >= 11 is 0. The zero-order chi connectivity index (χ0) is 35.1. The number of alkyl halides is 2. The predicted octanol–water partition coefficient (Wildman–Crippen LogP) is 5.84. The summed E-state index contributed by atoms with van der Waals surface area (Å²) in [4.78, 5) is 53.5. The van der Waals surface area contributed by atoms with Crippen LogP contribution in [0.4, 0.5) is 8.78 Å². The molecule has 1 aliphatic heterocycles. The number of Topliss-reactive ketones (excluding diaryl/α,β-unsaturated/α-hetero) is 2. The van der Waals surface area contributed by atoms with Crippen LogP contribution in [-0.4, -0.2) is 73.9 Å². The third-order valence-electron chi connectivity index (χ3n) is 15.9. The Hall–Kier alpha value is -1.98. The lowest BCUT2D eigenvalue weighted by Gasteiger charge is -2.63. The highest BCUT2D eigenvalue weighted by atomic mass is 19.3. The smallest absolute Gasteiger partial charge is 0.312 e. The second-order valence-electron chi connectivity index (χ2n) is 19.7. The van der Waals surface area contributed by atoms with Gasteiger partial charge in [-0.15, -0.1) is 0 Å². The van der Waals surface area contributed by atoms with Crippen molar-refractivity contribution in [2.24, 2.45) is 69.5 Å². The molecule has 0 radical (unpaired) electrons. The molecule has 280 valence electrons. The first-order valence-electron chi connectivity index (χ1n) is 20.0. The van der Waals surface area contributed by atoms with Crippen LogP contribution in [0.1, 0.15) is 103 Å². The van der Waals surface area contributed by atoms with Crippen LogP contribution < -0.4 is 0 Å². The van der Waals surface area contributed by atoms with Crippen LogP contribution in [0.2, 0.25) is 0 Å². The summed E-state index contributed by atoms with van der Waals surface area (Å²) in [7, 11) is 0. The molecule has 12 aliphatic carbocycles. The lowest BCUT2D eigenvalue weighted by Crippen LogP contribution is -2.63. The van der Waals surface area contributed by atoms with E-state index in [1.165, 1.54) is 0 Å². The molecule has 1 saturated heterocycles. The van der Waals surface area contributed by atoms with Gasteiger partial charge in [0.15, 0.2) is 5.79 Å². The highest BCUT2D eigenvalue weighted by molar-refractivity contribution is 5.90. The van der Waals surface area contributed by atoms with Crippen LogP contribution in [0.3, 0.4) is 0 Å². The maximum Gasteiger partial charge on any atom is 0.312 e. The lowest BCUT2D eigenvalue weighted by molar-refractivity contribution is -0.318. The standard InChI is InChI=1S/C40H52F2O9/c1-36(41,42)19-47-20-37-8-23-6-28(15-37)40(29(7-23)16-37)50-30(17-48-34(45)38-9-21-2-24(11-38)32(43)25(3-21)12-38)31(51-40)18-49-35(46)39-10-22-4-26(13-39)33(44)27(5-22)14-39/h21-31H,2-20H2,1H3. The van der Waals surface area contributed by atoms with Gasteiger partial charge in [0, 0.05) is 42.4 Å². The van der Waals surface area contributed by atoms with Crippen LogP contribution in [-0.2, 0) is 42.9 Å². The molecule has 51 heavy (non-hydrogen) atoms. The van der Waals surface area contributed by atoms with Crippen LogP contribution >= 0.6 is 0 Å². The average Bonchev–Trinajstić information content (AvgIpc) is 3.43. The molecule has 13 aliphatic rings. The zero-order valence-corrected chi connectivity index (χ0v) is 29.7. The first-order chi connectivity index (χ1) is 24.2. The van der Waals surface area contributed by atoms with E-state index in [-0.39, 0.29) is 66.1 Å². The summed E-state index contributed by atoms with van der Waals surface area (Å²) in [5.74, 6) is -2.56. The van der Waals surface area contributed by atoms with E-state index in [1.807, 2.05) is 0 Å². The Morgan fingerprint density at radius 1 is 0.667 bits per heavy atom. The van der Waals surface area contributed by atoms with E-state index in [9.17, 15) is 28.0 Å². The number of carbonyl (C=O) groups is 4. The van der Waals surface area contributed by atoms with E-state index >= 15 is 0 Å². The van der Waals surface area contributed by atoms with E-state index < -0.39 is 41.4 Å². The maximum atomic E-state index is 13.9. The number of hydrogen-bond acceptors (Lipinski definition) is 9. The molecule has 1 heterocycles. The van der Waals surface area contributed by atoms with Crippen molar-refractivity contribution in [3.63, 3.8) is 0 Å². The molecule has 9 nitrogen and oxygen atoms in total. The minimum atomic E-state index is -2.88. The number of esters is 2. The van der Waals surface area contributed by atoms with Gasteiger partial charge < -0.3 is 23.7 Å². The Labute approximate surface area is 297 Å². The van der Waals surface area contributed by atoms with E-state index in [4.69, 9.17) is 23.7 Å². The van der Waals surface area contributed by atoms with Gasteiger partial charge in [0.1, 0.15) is 43.6 Å². The first kappa shape index (κ1) is 33.6. The summed E-state index contributed by atoms with van der Waals surface area (Å²) < 4.78 is 59.2. The third-order valence-corrected chi connectivity index (χ3v) is 15.9. The van der Waals surface area contributed by atoms with E-state index in [0.717, 1.165) is 77.6 Å². The highest BCUT2D eigenvalue weighted by Gasteiger charge is 2.68. The maximum absolute atomic E-state index is 13.9. The van der Waals surface area contributed by atoms with E-state index in [2.05, 4.69) is 0 Å². The summed E-state index contributed by atoms with van der Waals surface area (Å²) in [5.41, 5.74) is -1.44. The summed E-state index contributed by atoms with van der Waals surface area (Å²) in [5, 5.41) is 0. The van der Waals surface area contributed by atoms with Crippen molar-refractivity contribution < 1.29 is 51.6 Å². The van der Waals surface area contributed by atoms with Gasteiger partial charge in [-0.3, -0.25) is 19.2 Å². The van der Waals surface area contributed by atoms with Gasteiger partial charge in [-0.05, 0) is 119 Å². The quantitative estimate of drug-likeness (QED) is 0.258.